The monoisotopic (exact) mass is 319 g/mol. The summed E-state index contributed by atoms with van der Waals surface area (Å²) in [5, 5.41) is 9.34. The molecule has 126 valence electrons. The molecule has 0 aromatic heterocycles. The molecule has 1 aliphatic carbocycles. The third-order valence-electron chi connectivity index (χ3n) is 4.35. The molecule has 1 amide bonds. The molecule has 0 aliphatic heterocycles. The molecule has 1 aliphatic rings. The minimum Gasteiger partial charge on any atom is -0.481 e. The minimum absolute atomic E-state index is 0.0805. The smallest absolute Gasteiger partial charge is 0.410 e. The van der Waals surface area contributed by atoms with Crippen molar-refractivity contribution in [1.29, 1.82) is 0 Å². The number of ether oxygens (including phenoxy) is 1. The summed E-state index contributed by atoms with van der Waals surface area (Å²) in [6, 6.07) is 9.57. The second-order valence-electron chi connectivity index (χ2n) is 6.80. The van der Waals surface area contributed by atoms with Crippen LogP contribution in [0.15, 0.2) is 30.3 Å². The summed E-state index contributed by atoms with van der Waals surface area (Å²) in [4.78, 5) is 25.5. The van der Waals surface area contributed by atoms with Crippen LogP contribution < -0.4 is 0 Å². The van der Waals surface area contributed by atoms with Gasteiger partial charge in [-0.2, -0.15) is 0 Å². The molecular formula is C18H25NO4. The van der Waals surface area contributed by atoms with Crippen LogP contribution in [-0.2, 0) is 16.1 Å². The van der Waals surface area contributed by atoms with Crippen LogP contribution in [0.1, 0.15) is 45.1 Å². The lowest BCUT2D eigenvalue weighted by atomic mass is 9.92. The molecule has 0 saturated heterocycles. The van der Waals surface area contributed by atoms with Gasteiger partial charge in [-0.05, 0) is 32.3 Å². The normalized spacial score (nSPS) is 15.4. The molecule has 0 radical (unpaired) electrons. The van der Waals surface area contributed by atoms with Crippen molar-refractivity contribution in [2.45, 2.75) is 52.2 Å². The number of carboxylic acids is 1. The number of hydrogen-bond acceptors (Lipinski definition) is 3. The van der Waals surface area contributed by atoms with E-state index in [0.29, 0.717) is 0 Å². The number of aliphatic carboxylic acids is 1. The van der Waals surface area contributed by atoms with Crippen molar-refractivity contribution in [3.63, 3.8) is 0 Å². The number of hydrogen-bond donors (Lipinski definition) is 1. The first kappa shape index (κ1) is 17.3. The summed E-state index contributed by atoms with van der Waals surface area (Å²) in [7, 11) is 0. The summed E-state index contributed by atoms with van der Waals surface area (Å²) in [6.07, 6.45) is 3.54. The van der Waals surface area contributed by atoms with E-state index < -0.39 is 17.5 Å². The molecule has 1 fully saturated rings. The Labute approximate surface area is 137 Å². The predicted octanol–water partition coefficient (Wildman–Crippen LogP) is 3.68. The van der Waals surface area contributed by atoms with Crippen molar-refractivity contribution in [1.82, 2.24) is 4.90 Å². The summed E-state index contributed by atoms with van der Waals surface area (Å²) in [5.74, 6) is -0.906. The molecule has 0 spiro atoms. The fourth-order valence-electron chi connectivity index (χ4n) is 2.85. The third-order valence-corrected chi connectivity index (χ3v) is 4.35. The standard InChI is InChI=1S/C18H25NO4/c1-18(2,16(20)21)13-19(15-10-6-7-11-15)17(22)23-12-14-8-4-3-5-9-14/h3-5,8-9,15H,6-7,10-13H2,1-2H3,(H,20,21). The van der Waals surface area contributed by atoms with Crippen molar-refractivity contribution >= 4 is 12.1 Å². The number of benzene rings is 1. The summed E-state index contributed by atoms with van der Waals surface area (Å²) >= 11 is 0. The van der Waals surface area contributed by atoms with Crippen LogP contribution in [0.5, 0.6) is 0 Å². The van der Waals surface area contributed by atoms with Crippen LogP contribution in [-0.4, -0.2) is 34.7 Å². The van der Waals surface area contributed by atoms with E-state index in [9.17, 15) is 14.7 Å². The number of nitrogens with zero attached hydrogens (tertiary/aromatic N) is 1. The fourth-order valence-corrected chi connectivity index (χ4v) is 2.85. The quantitative estimate of drug-likeness (QED) is 0.868. The van der Waals surface area contributed by atoms with E-state index in [1.807, 2.05) is 30.3 Å². The SMILES string of the molecule is CC(C)(CN(C(=O)OCc1ccccc1)C1CCCC1)C(=O)O. The topological polar surface area (TPSA) is 66.8 Å². The van der Waals surface area contributed by atoms with Gasteiger partial charge in [-0.15, -0.1) is 0 Å². The average Bonchev–Trinajstić information content (AvgIpc) is 3.05. The van der Waals surface area contributed by atoms with Gasteiger partial charge in [0.25, 0.3) is 0 Å². The van der Waals surface area contributed by atoms with Gasteiger partial charge in [-0.3, -0.25) is 4.79 Å². The molecule has 23 heavy (non-hydrogen) atoms. The second-order valence-corrected chi connectivity index (χ2v) is 6.80. The van der Waals surface area contributed by atoms with Gasteiger partial charge in [0.05, 0.1) is 5.41 Å². The Bertz CT molecular complexity index is 535. The fraction of sp³-hybridized carbons (Fsp3) is 0.556. The Kier molecular flexibility index (Phi) is 5.64. The van der Waals surface area contributed by atoms with E-state index in [1.165, 1.54) is 0 Å². The van der Waals surface area contributed by atoms with Gasteiger partial charge in [-0.1, -0.05) is 43.2 Å². The molecule has 0 unspecified atom stereocenters. The summed E-state index contributed by atoms with van der Waals surface area (Å²) in [6.45, 7) is 3.65. The van der Waals surface area contributed by atoms with Crippen LogP contribution in [0.2, 0.25) is 0 Å². The van der Waals surface area contributed by atoms with Crippen molar-refractivity contribution in [3.8, 4) is 0 Å². The van der Waals surface area contributed by atoms with E-state index >= 15 is 0 Å². The van der Waals surface area contributed by atoms with Gasteiger partial charge in [0.2, 0.25) is 0 Å². The van der Waals surface area contributed by atoms with E-state index in [1.54, 1.807) is 18.7 Å². The number of carboxylic acid groups (broad SMARTS) is 1. The van der Waals surface area contributed by atoms with E-state index in [2.05, 4.69) is 0 Å². The number of carbonyl (C=O) groups is 2. The molecule has 0 bridgehead atoms. The highest BCUT2D eigenvalue weighted by molar-refractivity contribution is 5.75. The minimum atomic E-state index is -0.992. The van der Waals surface area contributed by atoms with Gasteiger partial charge in [0.1, 0.15) is 6.61 Å². The molecular weight excluding hydrogens is 294 g/mol. The van der Waals surface area contributed by atoms with Crippen LogP contribution >= 0.6 is 0 Å². The van der Waals surface area contributed by atoms with Gasteiger partial charge >= 0.3 is 12.1 Å². The number of rotatable bonds is 6. The maximum absolute atomic E-state index is 12.5. The first-order chi connectivity index (χ1) is 10.9. The molecule has 5 heteroatoms. The number of amides is 1. The van der Waals surface area contributed by atoms with Crippen molar-refractivity contribution in [2.24, 2.45) is 5.41 Å². The second kappa shape index (κ2) is 7.49. The Balaban J connectivity index is 2.03. The zero-order chi connectivity index (χ0) is 16.9. The molecule has 2 rings (SSSR count). The van der Waals surface area contributed by atoms with Crippen LogP contribution in [0.4, 0.5) is 4.79 Å². The lowest BCUT2D eigenvalue weighted by Gasteiger charge is -2.33. The first-order valence-electron chi connectivity index (χ1n) is 8.11. The Morgan fingerprint density at radius 1 is 1.22 bits per heavy atom. The zero-order valence-corrected chi connectivity index (χ0v) is 13.8. The Morgan fingerprint density at radius 3 is 2.39 bits per heavy atom. The predicted molar refractivity (Wildman–Crippen MR) is 87.0 cm³/mol. The van der Waals surface area contributed by atoms with Crippen molar-refractivity contribution < 1.29 is 19.4 Å². The molecule has 1 aromatic rings. The van der Waals surface area contributed by atoms with Gasteiger partial charge in [-0.25, -0.2) is 4.79 Å². The molecule has 0 atom stereocenters. The Morgan fingerprint density at radius 2 is 1.83 bits per heavy atom. The van der Waals surface area contributed by atoms with Crippen LogP contribution in [0.3, 0.4) is 0 Å². The molecule has 1 saturated carbocycles. The molecule has 5 nitrogen and oxygen atoms in total. The van der Waals surface area contributed by atoms with E-state index in [-0.39, 0.29) is 19.2 Å². The highest BCUT2D eigenvalue weighted by atomic mass is 16.6. The number of carbonyl (C=O) groups excluding carboxylic acids is 1. The van der Waals surface area contributed by atoms with E-state index in [4.69, 9.17) is 4.74 Å². The molecule has 1 aromatic carbocycles. The first-order valence-corrected chi connectivity index (χ1v) is 8.11. The molecule has 0 heterocycles. The average molecular weight is 319 g/mol. The molecule has 1 N–H and O–H groups in total. The van der Waals surface area contributed by atoms with Crippen molar-refractivity contribution in [3.05, 3.63) is 35.9 Å². The van der Waals surface area contributed by atoms with Crippen LogP contribution in [0, 0.1) is 5.41 Å². The van der Waals surface area contributed by atoms with Gasteiger partial charge in [0.15, 0.2) is 0 Å². The Hall–Kier alpha value is -2.04. The lowest BCUT2D eigenvalue weighted by molar-refractivity contribution is -0.147. The van der Waals surface area contributed by atoms with Gasteiger partial charge < -0.3 is 14.7 Å². The van der Waals surface area contributed by atoms with Crippen molar-refractivity contribution in [2.75, 3.05) is 6.54 Å². The lowest BCUT2D eigenvalue weighted by Crippen LogP contribution is -2.47. The zero-order valence-electron chi connectivity index (χ0n) is 13.8. The highest BCUT2D eigenvalue weighted by Gasteiger charge is 2.36. The maximum atomic E-state index is 12.5. The summed E-state index contributed by atoms with van der Waals surface area (Å²) in [5.41, 5.74) is -0.0707. The largest absolute Gasteiger partial charge is 0.481 e. The van der Waals surface area contributed by atoms with E-state index in [0.717, 1.165) is 31.2 Å². The third kappa shape index (κ3) is 4.71. The van der Waals surface area contributed by atoms with Crippen LogP contribution in [0.25, 0.3) is 0 Å². The maximum Gasteiger partial charge on any atom is 0.410 e. The highest BCUT2D eigenvalue weighted by Crippen LogP contribution is 2.28. The summed E-state index contributed by atoms with van der Waals surface area (Å²) < 4.78 is 5.42. The van der Waals surface area contributed by atoms with Gasteiger partial charge in [0, 0.05) is 12.6 Å².